The number of fused-ring (bicyclic) bond motifs is 3. The van der Waals surface area contributed by atoms with Crippen molar-refractivity contribution < 1.29 is 33.9 Å². The maximum Gasteiger partial charge on any atom is 0.487 e. The SMILES string of the molecule is O=C1[C@H]2[C@H](CC(CO)=C3B(O)O[C@H](c4ccc(O)c(F)c4)C[C@H]32)C(=O)N1c1ccc(Nc2ccccc2)cc1. The Morgan fingerprint density at radius 1 is 0.974 bits per heavy atom. The van der Waals surface area contributed by atoms with Crippen LogP contribution in [0.3, 0.4) is 0 Å². The molecule has 1 aliphatic carbocycles. The van der Waals surface area contributed by atoms with Gasteiger partial charge >= 0.3 is 7.12 Å². The van der Waals surface area contributed by atoms with E-state index in [-0.39, 0.29) is 31.3 Å². The van der Waals surface area contributed by atoms with Crippen molar-refractivity contribution in [2.45, 2.75) is 18.9 Å². The fraction of sp³-hybridized carbons (Fsp3) is 0.241. The van der Waals surface area contributed by atoms with Gasteiger partial charge in [0.2, 0.25) is 11.8 Å². The van der Waals surface area contributed by atoms with Crippen LogP contribution < -0.4 is 10.2 Å². The van der Waals surface area contributed by atoms with Crippen LogP contribution in [-0.2, 0) is 14.2 Å². The number of nitrogens with zero attached hydrogens (tertiary/aromatic N) is 1. The molecule has 0 aromatic heterocycles. The number of para-hydroxylation sites is 1. The molecular weight excluding hydrogens is 502 g/mol. The number of anilines is 3. The van der Waals surface area contributed by atoms with Crippen molar-refractivity contribution in [1.29, 1.82) is 0 Å². The van der Waals surface area contributed by atoms with Gasteiger partial charge in [-0.25, -0.2) is 4.39 Å². The lowest BCUT2D eigenvalue weighted by Crippen LogP contribution is -2.45. The Morgan fingerprint density at radius 3 is 2.38 bits per heavy atom. The Balaban J connectivity index is 1.30. The van der Waals surface area contributed by atoms with E-state index in [0.717, 1.165) is 17.4 Å². The molecule has 0 unspecified atom stereocenters. The Bertz CT molecular complexity index is 1460. The van der Waals surface area contributed by atoms with Gasteiger partial charge in [-0.15, -0.1) is 0 Å². The molecule has 2 aliphatic heterocycles. The van der Waals surface area contributed by atoms with Crippen molar-refractivity contribution >= 4 is 36.0 Å². The first-order chi connectivity index (χ1) is 18.9. The summed E-state index contributed by atoms with van der Waals surface area (Å²) < 4.78 is 19.9. The molecule has 3 aliphatic rings. The van der Waals surface area contributed by atoms with E-state index in [1.54, 1.807) is 24.3 Å². The van der Waals surface area contributed by atoms with Gasteiger partial charge in [0.1, 0.15) is 0 Å². The molecule has 2 amide bonds. The van der Waals surface area contributed by atoms with E-state index >= 15 is 0 Å². The first kappa shape index (κ1) is 25.3. The third kappa shape index (κ3) is 4.40. The molecule has 0 bridgehead atoms. The van der Waals surface area contributed by atoms with Crippen molar-refractivity contribution in [1.82, 2.24) is 0 Å². The number of carbonyl (C=O) groups excluding carboxylic acids is 2. The second kappa shape index (κ2) is 9.96. The largest absolute Gasteiger partial charge is 0.505 e. The minimum atomic E-state index is -1.42. The van der Waals surface area contributed by atoms with Gasteiger partial charge in [0.25, 0.3) is 0 Å². The molecule has 3 aromatic rings. The number of carbonyl (C=O) groups is 2. The summed E-state index contributed by atoms with van der Waals surface area (Å²) in [5.74, 6) is -4.10. The molecule has 2 heterocycles. The normalized spacial score (nSPS) is 24.6. The van der Waals surface area contributed by atoms with Crippen molar-refractivity contribution in [3.63, 3.8) is 0 Å². The second-order valence-corrected chi connectivity index (χ2v) is 10.1. The van der Waals surface area contributed by atoms with Crippen LogP contribution in [0, 0.1) is 23.6 Å². The van der Waals surface area contributed by atoms with Crippen LogP contribution in [0.1, 0.15) is 24.5 Å². The Morgan fingerprint density at radius 2 is 1.69 bits per heavy atom. The fourth-order valence-corrected chi connectivity index (χ4v) is 6.13. The summed E-state index contributed by atoms with van der Waals surface area (Å²) in [4.78, 5) is 28.6. The number of aromatic hydroxyl groups is 1. The summed E-state index contributed by atoms with van der Waals surface area (Å²) in [7, 11) is -1.42. The average molecular weight is 528 g/mol. The first-order valence-corrected chi connectivity index (χ1v) is 12.8. The molecule has 198 valence electrons. The number of aliphatic hydroxyl groups is 1. The molecule has 0 saturated carbocycles. The molecule has 4 atom stereocenters. The number of phenolic OH excluding ortho intramolecular Hbond substituents is 1. The van der Waals surface area contributed by atoms with Gasteiger partial charge in [-0.3, -0.25) is 14.5 Å². The molecule has 2 fully saturated rings. The Hall–Kier alpha value is -3.99. The highest BCUT2D eigenvalue weighted by molar-refractivity contribution is 6.53. The molecule has 0 radical (unpaired) electrons. The number of hydrogen-bond acceptors (Lipinski definition) is 7. The van der Waals surface area contributed by atoms with Gasteiger partial charge in [-0.2, -0.15) is 0 Å². The smallest absolute Gasteiger partial charge is 0.487 e. The lowest BCUT2D eigenvalue weighted by molar-refractivity contribution is -0.123. The highest BCUT2D eigenvalue weighted by atomic mass is 19.1. The van der Waals surface area contributed by atoms with Gasteiger partial charge < -0.3 is 25.2 Å². The van der Waals surface area contributed by atoms with E-state index in [9.17, 15) is 29.2 Å². The Labute approximate surface area is 224 Å². The van der Waals surface area contributed by atoms with Crippen LogP contribution >= 0.6 is 0 Å². The van der Waals surface area contributed by atoms with E-state index in [1.807, 2.05) is 30.3 Å². The van der Waals surface area contributed by atoms with Crippen molar-refractivity contribution in [3.8, 4) is 5.75 Å². The lowest BCUT2D eigenvalue weighted by atomic mass is 9.55. The monoisotopic (exact) mass is 528 g/mol. The zero-order chi connectivity index (χ0) is 27.3. The molecule has 2 saturated heterocycles. The maximum atomic E-state index is 14.1. The van der Waals surface area contributed by atoms with E-state index < -0.39 is 42.5 Å². The Kier molecular flexibility index (Phi) is 6.46. The standard InChI is InChI=1S/C29H26BFN2O6/c31-23-13-16(6-11-24(23)35)25-14-21-26-22(12-17(15-34)27(21)30(38)39-25)28(36)33(29(26)37)20-9-7-19(8-10-20)32-18-4-2-1-3-5-18/h1-11,13,21-22,25-26,32,34-35,38H,12,14-15H2/t21-,22-,25-,26+/m0/s1. The molecule has 6 rings (SSSR count). The summed E-state index contributed by atoms with van der Waals surface area (Å²) in [5.41, 5.74) is 3.43. The van der Waals surface area contributed by atoms with E-state index in [4.69, 9.17) is 4.65 Å². The molecule has 0 spiro atoms. The molecule has 8 nitrogen and oxygen atoms in total. The van der Waals surface area contributed by atoms with Crippen molar-refractivity contribution in [2.24, 2.45) is 17.8 Å². The second-order valence-electron chi connectivity index (χ2n) is 10.1. The number of aliphatic hydroxyl groups excluding tert-OH is 1. The predicted molar refractivity (Wildman–Crippen MR) is 142 cm³/mol. The van der Waals surface area contributed by atoms with E-state index in [0.29, 0.717) is 22.3 Å². The highest BCUT2D eigenvalue weighted by Gasteiger charge is 2.58. The van der Waals surface area contributed by atoms with Crippen LogP contribution in [-0.4, -0.2) is 40.8 Å². The maximum absolute atomic E-state index is 14.1. The van der Waals surface area contributed by atoms with Crippen LogP contribution in [0.2, 0.25) is 0 Å². The van der Waals surface area contributed by atoms with E-state index in [1.165, 1.54) is 17.0 Å². The van der Waals surface area contributed by atoms with Crippen molar-refractivity contribution in [2.75, 3.05) is 16.8 Å². The number of phenols is 1. The highest BCUT2D eigenvalue weighted by Crippen LogP contribution is 2.52. The van der Waals surface area contributed by atoms with E-state index in [2.05, 4.69) is 5.32 Å². The first-order valence-electron chi connectivity index (χ1n) is 12.8. The number of imide groups is 1. The fourth-order valence-electron chi connectivity index (χ4n) is 6.13. The van der Waals surface area contributed by atoms with Gasteiger partial charge in [0.05, 0.1) is 30.2 Å². The lowest BCUT2D eigenvalue weighted by Gasteiger charge is -2.41. The number of halogens is 1. The third-order valence-corrected chi connectivity index (χ3v) is 7.93. The molecule has 4 N–H and O–H groups in total. The van der Waals surface area contributed by atoms with Crippen LogP contribution in [0.25, 0.3) is 0 Å². The van der Waals surface area contributed by atoms with Gasteiger partial charge in [0, 0.05) is 11.4 Å². The molecule has 39 heavy (non-hydrogen) atoms. The third-order valence-electron chi connectivity index (χ3n) is 7.93. The topological polar surface area (TPSA) is 119 Å². The van der Waals surface area contributed by atoms with Crippen LogP contribution in [0.4, 0.5) is 21.5 Å². The number of rotatable bonds is 5. The van der Waals surface area contributed by atoms with Crippen LogP contribution in [0.5, 0.6) is 5.75 Å². The molecule has 3 aromatic carbocycles. The number of amides is 2. The molecule has 10 heteroatoms. The average Bonchev–Trinajstić information content (AvgIpc) is 3.20. The molecular formula is C29H26BFN2O6. The number of benzene rings is 3. The number of hydrogen-bond donors (Lipinski definition) is 4. The zero-order valence-electron chi connectivity index (χ0n) is 20.8. The van der Waals surface area contributed by atoms with Crippen molar-refractivity contribution in [3.05, 3.63) is 95.2 Å². The number of nitrogens with one attached hydrogen (secondary N) is 1. The van der Waals surface area contributed by atoms with Crippen LogP contribution in [0.15, 0.2) is 83.8 Å². The summed E-state index contributed by atoms with van der Waals surface area (Å²) in [6, 6.07) is 20.4. The summed E-state index contributed by atoms with van der Waals surface area (Å²) in [6.07, 6.45) is -0.433. The van der Waals surface area contributed by atoms with Gasteiger partial charge in [0.15, 0.2) is 11.6 Å². The summed E-state index contributed by atoms with van der Waals surface area (Å²) >= 11 is 0. The number of allylic oxidation sites excluding steroid dienone is 1. The summed E-state index contributed by atoms with van der Waals surface area (Å²) in [5, 5.41) is 33.8. The summed E-state index contributed by atoms with van der Waals surface area (Å²) in [6.45, 7) is -0.380. The minimum Gasteiger partial charge on any atom is -0.505 e. The zero-order valence-corrected chi connectivity index (χ0v) is 20.8. The quantitative estimate of drug-likeness (QED) is 0.293. The van der Waals surface area contributed by atoms with Gasteiger partial charge in [-0.1, -0.05) is 24.3 Å². The van der Waals surface area contributed by atoms with Gasteiger partial charge in [-0.05, 0) is 83.9 Å². The minimum absolute atomic E-state index is 0.140. The predicted octanol–water partition coefficient (Wildman–Crippen LogP) is 3.87.